The number of halogens is 1. The average Bonchev–Trinajstić information content (AvgIpc) is 3.04. The van der Waals surface area contributed by atoms with E-state index in [1.54, 1.807) is 0 Å². The van der Waals surface area contributed by atoms with Gasteiger partial charge in [0.1, 0.15) is 5.60 Å². The number of carbonyl (C=O) groups excluding carboxylic acids is 1. The van der Waals surface area contributed by atoms with Crippen molar-refractivity contribution in [3.63, 3.8) is 0 Å². The van der Waals surface area contributed by atoms with Crippen LogP contribution in [0.4, 0.5) is 4.79 Å². The van der Waals surface area contributed by atoms with Gasteiger partial charge in [-0.05, 0) is 82.2 Å². The number of nitrogens with zero attached hydrogens (tertiary/aromatic N) is 2. The second-order valence-corrected chi connectivity index (χ2v) is 8.33. The summed E-state index contributed by atoms with van der Waals surface area (Å²) in [7, 11) is 0. The number of rotatable bonds is 3. The van der Waals surface area contributed by atoms with E-state index < -0.39 is 5.60 Å². The van der Waals surface area contributed by atoms with Crippen molar-refractivity contribution in [3.05, 3.63) is 47.2 Å². The SMILES string of the molecule is CC(C)(C)OC(=O)NC1CCC(c2cnn(-c3ccc(Cl)cc3)c2)CC1. The molecule has 1 amide bonds. The van der Waals surface area contributed by atoms with Crippen molar-refractivity contribution >= 4 is 17.7 Å². The minimum Gasteiger partial charge on any atom is -0.444 e. The smallest absolute Gasteiger partial charge is 0.407 e. The monoisotopic (exact) mass is 375 g/mol. The maximum Gasteiger partial charge on any atom is 0.407 e. The summed E-state index contributed by atoms with van der Waals surface area (Å²) >= 11 is 5.94. The molecule has 0 radical (unpaired) electrons. The third kappa shape index (κ3) is 5.01. The third-order valence-electron chi connectivity index (χ3n) is 4.61. The van der Waals surface area contributed by atoms with Crippen LogP contribution in [-0.4, -0.2) is 27.5 Å². The molecule has 26 heavy (non-hydrogen) atoms. The molecule has 1 N–H and O–H groups in total. The molecule has 140 valence electrons. The Kier molecular flexibility index (Phi) is 5.56. The number of hydrogen-bond donors (Lipinski definition) is 1. The van der Waals surface area contributed by atoms with Gasteiger partial charge >= 0.3 is 6.09 Å². The minimum absolute atomic E-state index is 0.187. The van der Waals surface area contributed by atoms with Gasteiger partial charge in [0.2, 0.25) is 0 Å². The first kappa shape index (κ1) is 18.8. The molecule has 1 aromatic carbocycles. The molecule has 1 aliphatic rings. The van der Waals surface area contributed by atoms with Crippen LogP contribution < -0.4 is 5.32 Å². The Hall–Kier alpha value is -2.01. The quantitative estimate of drug-likeness (QED) is 0.814. The Morgan fingerprint density at radius 2 is 1.85 bits per heavy atom. The maximum absolute atomic E-state index is 11.9. The van der Waals surface area contributed by atoms with Crippen molar-refractivity contribution in [2.24, 2.45) is 0 Å². The Morgan fingerprint density at radius 1 is 1.19 bits per heavy atom. The predicted octanol–water partition coefficient (Wildman–Crippen LogP) is 5.08. The zero-order chi connectivity index (χ0) is 18.7. The molecule has 0 unspecified atom stereocenters. The van der Waals surface area contributed by atoms with Crippen molar-refractivity contribution in [1.82, 2.24) is 15.1 Å². The normalized spacial score (nSPS) is 20.6. The van der Waals surface area contributed by atoms with Gasteiger partial charge in [-0.15, -0.1) is 0 Å². The highest BCUT2D eigenvalue weighted by atomic mass is 35.5. The average molecular weight is 376 g/mol. The molecule has 1 aromatic heterocycles. The number of aromatic nitrogens is 2. The van der Waals surface area contributed by atoms with E-state index in [9.17, 15) is 4.79 Å². The van der Waals surface area contributed by atoms with Crippen LogP contribution in [0.25, 0.3) is 5.69 Å². The van der Waals surface area contributed by atoms with Crippen LogP contribution in [0, 0.1) is 0 Å². The Balaban J connectivity index is 1.54. The van der Waals surface area contributed by atoms with Gasteiger partial charge in [0, 0.05) is 17.3 Å². The summed E-state index contributed by atoms with van der Waals surface area (Å²) in [6.07, 6.45) is 7.69. The van der Waals surface area contributed by atoms with Crippen LogP contribution >= 0.6 is 11.6 Å². The number of amides is 1. The molecule has 0 atom stereocenters. The molecule has 0 aliphatic heterocycles. The zero-order valence-corrected chi connectivity index (χ0v) is 16.3. The van der Waals surface area contributed by atoms with Gasteiger partial charge in [0.05, 0.1) is 11.9 Å². The van der Waals surface area contributed by atoms with Crippen molar-refractivity contribution in [2.45, 2.75) is 64.0 Å². The van der Waals surface area contributed by atoms with Crippen LogP contribution in [0.2, 0.25) is 5.02 Å². The van der Waals surface area contributed by atoms with E-state index in [1.165, 1.54) is 5.56 Å². The number of ether oxygens (including phenoxy) is 1. The summed E-state index contributed by atoms with van der Waals surface area (Å²) in [5.74, 6) is 0.479. The van der Waals surface area contributed by atoms with E-state index in [0.717, 1.165) is 36.4 Å². The molecular weight excluding hydrogens is 350 g/mol. The van der Waals surface area contributed by atoms with Crippen LogP contribution in [0.1, 0.15) is 57.9 Å². The number of nitrogens with one attached hydrogen (secondary N) is 1. The van der Waals surface area contributed by atoms with Gasteiger partial charge in [-0.2, -0.15) is 5.10 Å². The van der Waals surface area contributed by atoms with E-state index in [-0.39, 0.29) is 12.1 Å². The second-order valence-electron chi connectivity index (χ2n) is 7.89. The summed E-state index contributed by atoms with van der Waals surface area (Å²) in [5, 5.41) is 8.19. The van der Waals surface area contributed by atoms with Gasteiger partial charge in [-0.25, -0.2) is 9.48 Å². The lowest BCUT2D eigenvalue weighted by Gasteiger charge is -2.29. The molecule has 0 saturated heterocycles. The first-order chi connectivity index (χ1) is 12.3. The van der Waals surface area contributed by atoms with Crippen LogP contribution in [0.5, 0.6) is 0 Å². The summed E-state index contributed by atoms with van der Waals surface area (Å²) in [4.78, 5) is 11.9. The van der Waals surface area contributed by atoms with E-state index in [1.807, 2.05) is 55.9 Å². The molecule has 2 aromatic rings. The van der Waals surface area contributed by atoms with Crippen LogP contribution in [0.15, 0.2) is 36.7 Å². The number of alkyl carbamates (subject to hydrolysis) is 1. The molecule has 3 rings (SSSR count). The van der Waals surface area contributed by atoms with Gasteiger partial charge in [-0.1, -0.05) is 11.6 Å². The lowest BCUT2D eigenvalue weighted by Crippen LogP contribution is -2.40. The highest BCUT2D eigenvalue weighted by molar-refractivity contribution is 6.30. The van der Waals surface area contributed by atoms with E-state index in [0.29, 0.717) is 5.92 Å². The lowest BCUT2D eigenvalue weighted by atomic mass is 9.83. The molecule has 0 bridgehead atoms. The Bertz CT molecular complexity index is 741. The van der Waals surface area contributed by atoms with Gasteiger partial charge < -0.3 is 10.1 Å². The standard InChI is InChI=1S/C20H26ClN3O2/c1-20(2,3)26-19(25)23-17-8-4-14(5-9-17)15-12-22-24(13-15)18-10-6-16(21)7-11-18/h6-7,10-14,17H,4-5,8-9H2,1-3H3,(H,23,25). The van der Waals surface area contributed by atoms with E-state index in [4.69, 9.17) is 16.3 Å². The van der Waals surface area contributed by atoms with Crippen molar-refractivity contribution in [1.29, 1.82) is 0 Å². The Morgan fingerprint density at radius 3 is 2.46 bits per heavy atom. The number of carbonyl (C=O) groups is 1. The van der Waals surface area contributed by atoms with E-state index >= 15 is 0 Å². The van der Waals surface area contributed by atoms with Gasteiger partial charge in [0.15, 0.2) is 0 Å². The fourth-order valence-electron chi connectivity index (χ4n) is 3.33. The van der Waals surface area contributed by atoms with Gasteiger partial charge in [0.25, 0.3) is 0 Å². The van der Waals surface area contributed by atoms with Crippen LogP contribution in [-0.2, 0) is 4.74 Å². The van der Waals surface area contributed by atoms with Crippen LogP contribution in [0.3, 0.4) is 0 Å². The highest BCUT2D eigenvalue weighted by Gasteiger charge is 2.26. The largest absolute Gasteiger partial charge is 0.444 e. The molecule has 0 spiro atoms. The highest BCUT2D eigenvalue weighted by Crippen LogP contribution is 2.33. The summed E-state index contributed by atoms with van der Waals surface area (Å²) in [6, 6.07) is 7.84. The summed E-state index contributed by atoms with van der Waals surface area (Å²) in [5.41, 5.74) is 1.79. The van der Waals surface area contributed by atoms with Crippen molar-refractivity contribution in [2.75, 3.05) is 0 Å². The lowest BCUT2D eigenvalue weighted by molar-refractivity contribution is 0.0491. The fourth-order valence-corrected chi connectivity index (χ4v) is 3.45. The summed E-state index contributed by atoms with van der Waals surface area (Å²) in [6.45, 7) is 5.63. The summed E-state index contributed by atoms with van der Waals surface area (Å²) < 4.78 is 7.23. The first-order valence-corrected chi connectivity index (χ1v) is 9.48. The maximum atomic E-state index is 11.9. The zero-order valence-electron chi connectivity index (χ0n) is 15.5. The minimum atomic E-state index is -0.461. The van der Waals surface area contributed by atoms with Gasteiger partial charge in [-0.3, -0.25) is 0 Å². The number of benzene rings is 1. The molecule has 1 aliphatic carbocycles. The molecule has 1 saturated carbocycles. The molecule has 1 fully saturated rings. The molecule has 5 nitrogen and oxygen atoms in total. The molecular formula is C20H26ClN3O2. The Labute approximate surface area is 159 Å². The first-order valence-electron chi connectivity index (χ1n) is 9.10. The van der Waals surface area contributed by atoms with Crippen molar-refractivity contribution in [3.8, 4) is 5.69 Å². The van der Waals surface area contributed by atoms with E-state index in [2.05, 4.69) is 16.6 Å². The third-order valence-corrected chi connectivity index (χ3v) is 4.87. The van der Waals surface area contributed by atoms with Crippen molar-refractivity contribution < 1.29 is 9.53 Å². The molecule has 1 heterocycles. The predicted molar refractivity (Wildman–Crippen MR) is 103 cm³/mol. The number of hydrogen-bond acceptors (Lipinski definition) is 3. The topological polar surface area (TPSA) is 56.1 Å². The second kappa shape index (κ2) is 7.70. The molecule has 6 heteroatoms. The fraction of sp³-hybridized carbons (Fsp3) is 0.500.